The first kappa shape index (κ1) is 25.7. The molecule has 2 N–H and O–H groups in total. The first-order chi connectivity index (χ1) is 16.2. The maximum absolute atomic E-state index is 13.0. The molecule has 1 aliphatic heterocycles. The molecule has 0 bridgehead atoms. The van der Waals surface area contributed by atoms with E-state index in [-0.39, 0.29) is 29.5 Å². The van der Waals surface area contributed by atoms with Gasteiger partial charge < -0.3 is 20.1 Å². The van der Waals surface area contributed by atoms with Crippen LogP contribution in [-0.2, 0) is 19.6 Å². The molecule has 2 amide bonds. The summed E-state index contributed by atoms with van der Waals surface area (Å²) in [5.41, 5.74) is 0.662. The minimum Gasteiger partial charge on any atom is -0.492 e. The zero-order valence-electron chi connectivity index (χ0n) is 19.6. The average molecular weight is 490 g/mol. The first-order valence-corrected chi connectivity index (χ1v) is 12.7. The van der Waals surface area contributed by atoms with Crippen LogP contribution in [0.4, 0.5) is 5.69 Å². The van der Waals surface area contributed by atoms with E-state index in [9.17, 15) is 18.0 Å². The van der Waals surface area contributed by atoms with Gasteiger partial charge in [-0.05, 0) is 43.2 Å². The number of rotatable bonds is 9. The fraction of sp³-hybridized carbons (Fsp3) is 0.417. The van der Waals surface area contributed by atoms with Gasteiger partial charge in [-0.2, -0.15) is 4.31 Å². The maximum Gasteiger partial charge on any atom is 0.251 e. The number of hydrogen-bond donors (Lipinski definition) is 2. The van der Waals surface area contributed by atoms with Gasteiger partial charge in [-0.15, -0.1) is 0 Å². The number of carbonyl (C=O) groups excluding carboxylic acids is 2. The Balaban J connectivity index is 1.76. The van der Waals surface area contributed by atoms with Crippen molar-refractivity contribution >= 4 is 27.5 Å². The van der Waals surface area contributed by atoms with Crippen molar-refractivity contribution in [1.29, 1.82) is 0 Å². The van der Waals surface area contributed by atoms with Crippen LogP contribution in [-0.4, -0.2) is 63.5 Å². The van der Waals surface area contributed by atoms with Crippen LogP contribution < -0.4 is 15.4 Å². The predicted molar refractivity (Wildman–Crippen MR) is 128 cm³/mol. The van der Waals surface area contributed by atoms with Gasteiger partial charge >= 0.3 is 0 Å². The van der Waals surface area contributed by atoms with Gasteiger partial charge in [-0.3, -0.25) is 9.59 Å². The van der Waals surface area contributed by atoms with Crippen molar-refractivity contribution in [2.24, 2.45) is 5.92 Å². The second-order valence-electron chi connectivity index (χ2n) is 8.16. The molecule has 1 fully saturated rings. The van der Waals surface area contributed by atoms with Crippen molar-refractivity contribution in [3.8, 4) is 5.75 Å². The zero-order valence-corrected chi connectivity index (χ0v) is 20.4. The molecule has 0 spiro atoms. The summed E-state index contributed by atoms with van der Waals surface area (Å²) in [5, 5.41) is 5.56. The molecule has 0 aliphatic carbocycles. The van der Waals surface area contributed by atoms with E-state index in [0.717, 1.165) is 0 Å². The quantitative estimate of drug-likeness (QED) is 0.560. The van der Waals surface area contributed by atoms with Gasteiger partial charge in [-0.1, -0.05) is 32.0 Å². The lowest BCUT2D eigenvalue weighted by Gasteiger charge is -2.26. The van der Waals surface area contributed by atoms with Gasteiger partial charge in [0.25, 0.3) is 5.91 Å². The van der Waals surface area contributed by atoms with E-state index in [1.54, 1.807) is 24.3 Å². The summed E-state index contributed by atoms with van der Waals surface area (Å²) in [6.07, 6.45) is 0. The largest absolute Gasteiger partial charge is 0.492 e. The second kappa shape index (κ2) is 11.5. The number of carbonyl (C=O) groups is 2. The number of nitrogens with zero attached hydrogens (tertiary/aromatic N) is 1. The van der Waals surface area contributed by atoms with Gasteiger partial charge in [0.1, 0.15) is 11.8 Å². The van der Waals surface area contributed by atoms with E-state index in [0.29, 0.717) is 31.3 Å². The highest BCUT2D eigenvalue weighted by Crippen LogP contribution is 2.24. The highest BCUT2D eigenvalue weighted by molar-refractivity contribution is 7.89. The van der Waals surface area contributed by atoms with Gasteiger partial charge in [0.15, 0.2) is 0 Å². The summed E-state index contributed by atoms with van der Waals surface area (Å²) in [4.78, 5) is 26.0. The van der Waals surface area contributed by atoms with Crippen molar-refractivity contribution in [1.82, 2.24) is 9.62 Å². The van der Waals surface area contributed by atoms with Crippen molar-refractivity contribution in [2.45, 2.75) is 31.7 Å². The number of morpholine rings is 1. The van der Waals surface area contributed by atoms with Crippen molar-refractivity contribution in [3.05, 3.63) is 54.1 Å². The lowest BCUT2D eigenvalue weighted by atomic mass is 10.0. The molecule has 1 aliphatic rings. The molecular formula is C24H31N3O6S. The minimum atomic E-state index is -3.75. The van der Waals surface area contributed by atoms with Gasteiger partial charge in [-0.25, -0.2) is 8.42 Å². The van der Waals surface area contributed by atoms with Crippen molar-refractivity contribution in [2.75, 3.05) is 38.2 Å². The topological polar surface area (TPSA) is 114 Å². The Morgan fingerprint density at radius 3 is 2.47 bits per heavy atom. The maximum atomic E-state index is 13.0. The Morgan fingerprint density at radius 2 is 1.79 bits per heavy atom. The Bertz CT molecular complexity index is 1110. The molecule has 9 nitrogen and oxygen atoms in total. The minimum absolute atomic E-state index is 0.0261. The van der Waals surface area contributed by atoms with E-state index in [2.05, 4.69) is 10.6 Å². The first-order valence-electron chi connectivity index (χ1n) is 11.3. The fourth-order valence-electron chi connectivity index (χ4n) is 3.56. The number of benzene rings is 2. The van der Waals surface area contributed by atoms with Crippen LogP contribution in [0.5, 0.6) is 5.75 Å². The molecule has 3 rings (SSSR count). The van der Waals surface area contributed by atoms with Crippen LogP contribution in [0.1, 0.15) is 31.1 Å². The molecular weight excluding hydrogens is 458 g/mol. The van der Waals surface area contributed by atoms with Crippen molar-refractivity contribution in [3.63, 3.8) is 0 Å². The summed E-state index contributed by atoms with van der Waals surface area (Å²) in [6, 6.07) is 12.0. The Morgan fingerprint density at radius 1 is 1.09 bits per heavy atom. The average Bonchev–Trinajstić information content (AvgIpc) is 2.84. The molecule has 2 aromatic carbocycles. The summed E-state index contributed by atoms with van der Waals surface area (Å²) >= 11 is 0. The third kappa shape index (κ3) is 6.13. The molecule has 184 valence electrons. The number of amides is 2. The van der Waals surface area contributed by atoms with Gasteiger partial charge in [0.05, 0.1) is 30.4 Å². The summed E-state index contributed by atoms with van der Waals surface area (Å²) < 4.78 is 38.0. The lowest BCUT2D eigenvalue weighted by Crippen LogP contribution is -2.47. The summed E-state index contributed by atoms with van der Waals surface area (Å²) in [5.74, 6) is -0.616. The molecule has 10 heteroatoms. The number of sulfonamides is 1. The number of para-hydroxylation sites is 2. The monoisotopic (exact) mass is 489 g/mol. The molecule has 0 saturated carbocycles. The smallest absolute Gasteiger partial charge is 0.251 e. The lowest BCUT2D eigenvalue weighted by molar-refractivity contribution is -0.118. The van der Waals surface area contributed by atoms with Gasteiger partial charge in [0, 0.05) is 18.7 Å². The molecule has 0 unspecified atom stereocenters. The molecule has 34 heavy (non-hydrogen) atoms. The number of ether oxygens (including phenoxy) is 2. The van der Waals surface area contributed by atoms with Crippen LogP contribution in [0, 0.1) is 5.92 Å². The van der Waals surface area contributed by atoms with Crippen LogP contribution in [0.25, 0.3) is 0 Å². The standard InChI is InChI=1S/C24H31N3O6S/c1-4-33-21-11-6-5-10-20(21)25-24(29)22(17(2)3)26-23(28)18-8-7-9-19(16-18)34(30,31)27-12-14-32-15-13-27/h5-11,16-17,22H,4,12-15H2,1-3H3,(H,25,29)(H,26,28)/t22-/m0/s1. The molecule has 1 saturated heterocycles. The van der Waals surface area contributed by atoms with Crippen LogP contribution in [0.2, 0.25) is 0 Å². The van der Waals surface area contributed by atoms with Crippen LogP contribution in [0.15, 0.2) is 53.4 Å². The zero-order chi connectivity index (χ0) is 24.7. The SMILES string of the molecule is CCOc1ccccc1NC(=O)[C@@H](NC(=O)c1cccc(S(=O)(=O)N2CCOCC2)c1)C(C)C. The second-order valence-corrected chi connectivity index (χ2v) is 10.1. The van der Waals surface area contributed by atoms with Gasteiger partial charge in [0.2, 0.25) is 15.9 Å². The van der Waals surface area contributed by atoms with E-state index >= 15 is 0 Å². The molecule has 0 aromatic heterocycles. The number of nitrogens with one attached hydrogen (secondary N) is 2. The fourth-order valence-corrected chi connectivity index (χ4v) is 5.01. The Labute approximate surface area is 200 Å². The Kier molecular flexibility index (Phi) is 8.65. The summed E-state index contributed by atoms with van der Waals surface area (Å²) in [6.45, 7) is 7.11. The molecule has 0 radical (unpaired) electrons. The van der Waals surface area contributed by atoms with E-state index < -0.39 is 27.9 Å². The van der Waals surface area contributed by atoms with Crippen LogP contribution >= 0.6 is 0 Å². The highest BCUT2D eigenvalue weighted by Gasteiger charge is 2.29. The predicted octanol–water partition coefficient (Wildman–Crippen LogP) is 2.50. The third-order valence-electron chi connectivity index (χ3n) is 5.38. The summed E-state index contributed by atoms with van der Waals surface area (Å²) in [7, 11) is -3.75. The van der Waals surface area contributed by atoms with E-state index in [1.165, 1.54) is 28.6 Å². The van der Waals surface area contributed by atoms with E-state index in [1.807, 2.05) is 20.8 Å². The molecule has 1 heterocycles. The Hall–Kier alpha value is -2.95. The van der Waals surface area contributed by atoms with E-state index in [4.69, 9.17) is 9.47 Å². The van der Waals surface area contributed by atoms with Crippen molar-refractivity contribution < 1.29 is 27.5 Å². The molecule has 1 atom stereocenters. The highest BCUT2D eigenvalue weighted by atomic mass is 32.2. The number of hydrogen-bond acceptors (Lipinski definition) is 6. The number of anilines is 1. The third-order valence-corrected chi connectivity index (χ3v) is 7.28. The van der Waals surface area contributed by atoms with Crippen LogP contribution in [0.3, 0.4) is 0 Å². The molecule has 2 aromatic rings. The normalized spacial score (nSPS) is 15.5.